The van der Waals surface area contributed by atoms with Crippen LogP contribution in [0.3, 0.4) is 0 Å². The van der Waals surface area contributed by atoms with Gasteiger partial charge in [-0.1, -0.05) is 44.5 Å². The van der Waals surface area contributed by atoms with E-state index in [-0.39, 0.29) is 17.5 Å². The van der Waals surface area contributed by atoms with Crippen molar-refractivity contribution in [1.29, 1.82) is 0 Å². The van der Waals surface area contributed by atoms with Gasteiger partial charge < -0.3 is 9.53 Å². The highest BCUT2D eigenvalue weighted by molar-refractivity contribution is 6.74. The summed E-state index contributed by atoms with van der Waals surface area (Å²) >= 11 is 0. The molecule has 0 aromatic carbocycles. The lowest BCUT2D eigenvalue weighted by Gasteiger charge is -2.39. The molecule has 0 aliphatic carbocycles. The smallest absolute Gasteiger partial charge is 0.305 e. The fourth-order valence-corrected chi connectivity index (χ4v) is 2.90. The fourth-order valence-electron chi connectivity index (χ4n) is 1.69. The highest BCUT2D eigenvalue weighted by atomic mass is 28.4. The first-order valence-electron chi connectivity index (χ1n) is 7.41. The lowest BCUT2D eigenvalue weighted by Crippen LogP contribution is -2.51. The molecule has 0 spiro atoms. The van der Waals surface area contributed by atoms with E-state index < -0.39 is 20.4 Å². The molecule has 0 fully saturated rings. The average molecular weight is 319 g/mol. The van der Waals surface area contributed by atoms with E-state index in [1.165, 1.54) is 0 Å². The van der Waals surface area contributed by atoms with E-state index in [9.17, 15) is 4.79 Å². The van der Waals surface area contributed by atoms with E-state index in [2.05, 4.69) is 62.9 Å². The molecule has 0 saturated heterocycles. The molecule has 22 heavy (non-hydrogen) atoms. The lowest BCUT2D eigenvalue weighted by atomic mass is 10.1. The van der Waals surface area contributed by atoms with Crippen molar-refractivity contribution in [2.24, 2.45) is 0 Å². The largest absolute Gasteiger partial charge is 0.481 e. The van der Waals surface area contributed by atoms with Crippen LogP contribution in [-0.2, 0) is 9.22 Å². The predicted octanol–water partition coefficient (Wildman–Crippen LogP) is 2.39. The van der Waals surface area contributed by atoms with Gasteiger partial charge in [0.25, 0.3) is 0 Å². The second-order valence-electron chi connectivity index (χ2n) is 6.83. The van der Waals surface area contributed by atoms with Gasteiger partial charge in [0.1, 0.15) is 6.10 Å². The Bertz CT molecular complexity index is 552. The van der Waals surface area contributed by atoms with Crippen molar-refractivity contribution in [2.45, 2.75) is 57.5 Å². The van der Waals surface area contributed by atoms with Crippen molar-refractivity contribution in [2.75, 3.05) is 6.54 Å². The maximum atomic E-state index is 11.1. The molecule has 120 valence electrons. The molecule has 0 saturated carbocycles. The number of allylic oxidation sites excluding steroid dienone is 2. The van der Waals surface area contributed by atoms with E-state index in [0.29, 0.717) is 6.54 Å². The Labute approximate surface area is 134 Å². The Morgan fingerprint density at radius 1 is 1.36 bits per heavy atom. The fraction of sp³-hybridized carbons (Fsp3) is 0.588. The van der Waals surface area contributed by atoms with Crippen molar-refractivity contribution in [1.82, 2.24) is 5.32 Å². The first-order valence-corrected chi connectivity index (χ1v) is 10.3. The van der Waals surface area contributed by atoms with Crippen LogP contribution in [0.25, 0.3) is 0 Å². The molecule has 1 unspecified atom stereocenters. The molecule has 0 bridgehead atoms. The van der Waals surface area contributed by atoms with Crippen molar-refractivity contribution in [3.63, 3.8) is 0 Å². The molecule has 5 heteroatoms. The quantitative estimate of drug-likeness (QED) is 0.617. The zero-order valence-electron chi connectivity index (χ0n) is 14.0. The second kappa shape index (κ2) is 7.65. The van der Waals surface area contributed by atoms with Crippen LogP contribution >= 0.6 is 0 Å². The number of rotatable bonds is 4. The van der Waals surface area contributed by atoms with Crippen molar-refractivity contribution < 1.29 is 14.3 Å². The summed E-state index contributed by atoms with van der Waals surface area (Å²) in [6, 6.07) is -0.375. The molecule has 1 rings (SSSR count). The van der Waals surface area contributed by atoms with Gasteiger partial charge in [0.15, 0.2) is 8.32 Å². The van der Waals surface area contributed by atoms with E-state index in [0.717, 1.165) is 0 Å². The Morgan fingerprint density at radius 2 is 2.00 bits per heavy atom. The predicted molar refractivity (Wildman–Crippen MR) is 90.8 cm³/mol. The Balaban J connectivity index is 3.05. The summed E-state index contributed by atoms with van der Waals surface area (Å²) in [7, 11) is -2.05. The number of carboxylic acids is 1. The zero-order valence-corrected chi connectivity index (χ0v) is 15.0. The number of hydrogen-bond donors (Lipinski definition) is 2. The van der Waals surface area contributed by atoms with Crippen LogP contribution in [0.4, 0.5) is 0 Å². The standard InChI is InChI=1S/C17H25NO3Si/c1-17(2,3)22(4,5)21-15-11-9-7-6-8-10-12-18-14(15)13-16(19)20/h6-7,14-15,18H,12-13H2,1-5H3,(H,19,20)/b7-6+/t14?,15-/m0/s1. The third-order valence-corrected chi connectivity index (χ3v) is 8.47. The molecular formula is C17H25NO3Si. The van der Waals surface area contributed by atoms with Gasteiger partial charge in [-0.05, 0) is 30.3 Å². The van der Waals surface area contributed by atoms with Gasteiger partial charge in [-0.25, -0.2) is 0 Å². The molecule has 4 nitrogen and oxygen atoms in total. The molecule has 1 aliphatic heterocycles. The molecular weight excluding hydrogens is 294 g/mol. The van der Waals surface area contributed by atoms with Gasteiger partial charge in [0.2, 0.25) is 0 Å². The number of hydrogen-bond acceptors (Lipinski definition) is 3. The van der Waals surface area contributed by atoms with Crippen LogP contribution < -0.4 is 5.32 Å². The van der Waals surface area contributed by atoms with E-state index >= 15 is 0 Å². The molecule has 1 heterocycles. The van der Waals surface area contributed by atoms with Gasteiger partial charge in [0.05, 0.1) is 19.0 Å². The SMILES string of the molecule is CC(C)(C)[Si](C)(C)O[C@H]1C#C/C=C/C#CCNC1CC(=O)O. The molecule has 0 radical (unpaired) electrons. The van der Waals surface area contributed by atoms with Crippen LogP contribution in [0, 0.1) is 23.7 Å². The Kier molecular flexibility index (Phi) is 6.43. The average Bonchev–Trinajstić information content (AvgIpc) is 2.37. The highest BCUT2D eigenvalue weighted by Crippen LogP contribution is 2.37. The monoisotopic (exact) mass is 319 g/mol. The zero-order chi connectivity index (χ0) is 16.8. The van der Waals surface area contributed by atoms with Crippen molar-refractivity contribution in [3.8, 4) is 23.7 Å². The second-order valence-corrected chi connectivity index (χ2v) is 11.6. The van der Waals surface area contributed by atoms with E-state index in [1.54, 1.807) is 12.2 Å². The molecule has 2 N–H and O–H groups in total. The van der Waals surface area contributed by atoms with E-state index in [1.807, 2.05) is 0 Å². The minimum atomic E-state index is -2.05. The van der Waals surface area contributed by atoms with Gasteiger partial charge in [0, 0.05) is 0 Å². The van der Waals surface area contributed by atoms with Crippen LogP contribution in [0.5, 0.6) is 0 Å². The third kappa shape index (κ3) is 5.69. The minimum absolute atomic E-state index is 0.0351. The molecule has 1 aliphatic rings. The van der Waals surface area contributed by atoms with Crippen LogP contribution in [0.1, 0.15) is 27.2 Å². The number of aliphatic carboxylic acids is 1. The summed E-state index contributed by atoms with van der Waals surface area (Å²) in [6.07, 6.45) is 2.87. The third-order valence-electron chi connectivity index (χ3n) is 4.02. The first kappa shape index (κ1) is 18.5. The highest BCUT2D eigenvalue weighted by Gasteiger charge is 2.40. The topological polar surface area (TPSA) is 58.6 Å². The summed E-state index contributed by atoms with van der Waals surface area (Å²) in [5, 5.41) is 12.3. The molecule has 2 atom stereocenters. The molecule has 0 aromatic rings. The molecule has 0 amide bonds. The summed E-state index contributed by atoms with van der Waals surface area (Å²) in [6.45, 7) is 11.1. The maximum Gasteiger partial charge on any atom is 0.305 e. The van der Waals surface area contributed by atoms with Gasteiger partial charge >= 0.3 is 5.97 Å². The number of carboxylic acid groups (broad SMARTS) is 1. The summed E-state index contributed by atoms with van der Waals surface area (Å²) < 4.78 is 6.35. The lowest BCUT2D eigenvalue weighted by molar-refractivity contribution is -0.138. The number of nitrogens with one attached hydrogen (secondary N) is 1. The minimum Gasteiger partial charge on any atom is -0.481 e. The van der Waals surface area contributed by atoms with Gasteiger partial charge in [-0.2, -0.15) is 0 Å². The Morgan fingerprint density at radius 3 is 2.59 bits per heavy atom. The van der Waals surface area contributed by atoms with E-state index in [4.69, 9.17) is 9.53 Å². The summed E-state index contributed by atoms with van der Waals surface area (Å²) in [5.41, 5.74) is 0. The normalized spacial score (nSPS) is 23.5. The summed E-state index contributed by atoms with van der Waals surface area (Å²) in [5.74, 6) is 10.9. The number of carbonyl (C=O) groups is 1. The van der Waals surface area contributed by atoms with Crippen LogP contribution in [0.15, 0.2) is 12.2 Å². The van der Waals surface area contributed by atoms with Crippen molar-refractivity contribution >= 4 is 14.3 Å². The Hall–Kier alpha value is -1.53. The first-order chi connectivity index (χ1) is 10.1. The maximum absolute atomic E-state index is 11.1. The van der Waals surface area contributed by atoms with Crippen molar-refractivity contribution in [3.05, 3.63) is 12.2 Å². The molecule has 0 aromatic heterocycles. The van der Waals surface area contributed by atoms with Crippen LogP contribution in [0.2, 0.25) is 18.1 Å². The summed E-state index contributed by atoms with van der Waals surface area (Å²) in [4.78, 5) is 11.1. The van der Waals surface area contributed by atoms with Gasteiger partial charge in [-0.3, -0.25) is 10.1 Å². The van der Waals surface area contributed by atoms with Crippen LogP contribution in [-0.4, -0.2) is 38.1 Å². The van der Waals surface area contributed by atoms with Gasteiger partial charge in [-0.15, -0.1) is 0 Å².